The van der Waals surface area contributed by atoms with E-state index in [1.807, 2.05) is 6.26 Å². The zero-order valence-corrected chi connectivity index (χ0v) is 15.6. The smallest absolute Gasteiger partial charge is 0.326 e. The van der Waals surface area contributed by atoms with Gasteiger partial charge in [-0.05, 0) is 18.4 Å². The first kappa shape index (κ1) is 22.4. The Balaban J connectivity index is 2.86. The molecule has 3 atom stereocenters. The number of aromatic amines is 1. The van der Waals surface area contributed by atoms with Crippen LogP contribution in [0.1, 0.15) is 18.5 Å². The summed E-state index contributed by atoms with van der Waals surface area (Å²) >= 11 is 1.53. The second kappa shape index (κ2) is 11.2. The zero-order valence-electron chi connectivity index (χ0n) is 14.8. The standard InChI is InChI=1S/C15H24N6O5S/c1-27-3-2-9(16)13(23)20-10(4-8-6-18-7-19-8)14(24)21-11(15(25)26)5-12(17)22/h6-7,9-11H,2-5,16H2,1H3,(H2,17,22)(H,18,19)(H,20,23)(H,21,24)(H,25,26)/t9-,10-,11-/m0/s1. The van der Waals surface area contributed by atoms with Gasteiger partial charge in [0, 0.05) is 18.3 Å². The summed E-state index contributed by atoms with van der Waals surface area (Å²) in [5.74, 6) is -2.93. The second-order valence-corrected chi connectivity index (χ2v) is 6.79. The molecule has 0 aromatic carbocycles. The van der Waals surface area contributed by atoms with Crippen LogP contribution < -0.4 is 22.1 Å². The summed E-state index contributed by atoms with van der Waals surface area (Å²) in [6, 6.07) is -3.41. The normalized spacial score (nSPS) is 14.0. The topological polar surface area (TPSA) is 193 Å². The van der Waals surface area contributed by atoms with Gasteiger partial charge in [-0.15, -0.1) is 0 Å². The van der Waals surface area contributed by atoms with Gasteiger partial charge in [-0.2, -0.15) is 11.8 Å². The van der Waals surface area contributed by atoms with Crippen molar-refractivity contribution in [2.45, 2.75) is 37.4 Å². The number of thioether (sulfide) groups is 1. The van der Waals surface area contributed by atoms with Crippen LogP contribution in [-0.2, 0) is 25.6 Å². The largest absolute Gasteiger partial charge is 0.480 e. The van der Waals surface area contributed by atoms with Gasteiger partial charge in [-0.3, -0.25) is 14.4 Å². The average Bonchev–Trinajstić information content (AvgIpc) is 3.10. The number of rotatable bonds is 12. The number of carboxylic acid groups (broad SMARTS) is 1. The third-order valence-electron chi connectivity index (χ3n) is 3.60. The fourth-order valence-electron chi connectivity index (χ4n) is 2.15. The van der Waals surface area contributed by atoms with Crippen molar-refractivity contribution in [3.8, 4) is 0 Å². The van der Waals surface area contributed by atoms with Gasteiger partial charge >= 0.3 is 5.97 Å². The Morgan fingerprint density at radius 2 is 1.93 bits per heavy atom. The van der Waals surface area contributed by atoms with Gasteiger partial charge in [0.05, 0.1) is 18.8 Å². The van der Waals surface area contributed by atoms with Gasteiger partial charge in [0.2, 0.25) is 17.7 Å². The Hall–Kier alpha value is -2.60. The van der Waals surface area contributed by atoms with Crippen molar-refractivity contribution in [1.29, 1.82) is 0 Å². The number of aliphatic carboxylic acids is 1. The Morgan fingerprint density at radius 1 is 1.26 bits per heavy atom. The summed E-state index contributed by atoms with van der Waals surface area (Å²) in [5, 5.41) is 13.9. The van der Waals surface area contributed by atoms with Gasteiger partial charge in [-0.1, -0.05) is 0 Å². The SMILES string of the molecule is CSCC[C@H](N)C(=O)N[C@@H](Cc1cnc[nH]1)C(=O)N[C@@H](CC(N)=O)C(=O)O. The number of imidazole rings is 1. The molecule has 150 valence electrons. The average molecular weight is 400 g/mol. The molecule has 0 saturated carbocycles. The van der Waals surface area contributed by atoms with E-state index in [9.17, 15) is 19.2 Å². The van der Waals surface area contributed by atoms with Crippen LogP contribution in [0.25, 0.3) is 0 Å². The van der Waals surface area contributed by atoms with Crippen molar-refractivity contribution >= 4 is 35.5 Å². The Labute approximate surface area is 160 Å². The van der Waals surface area contributed by atoms with E-state index >= 15 is 0 Å². The highest BCUT2D eigenvalue weighted by molar-refractivity contribution is 7.98. The lowest BCUT2D eigenvalue weighted by Gasteiger charge is -2.22. The summed E-state index contributed by atoms with van der Waals surface area (Å²) in [5.41, 5.74) is 11.4. The molecule has 1 rings (SSSR count). The molecule has 0 aliphatic carbocycles. The summed E-state index contributed by atoms with van der Waals surface area (Å²) in [6.45, 7) is 0. The third kappa shape index (κ3) is 8.09. The Bertz CT molecular complexity index is 653. The minimum Gasteiger partial charge on any atom is -0.480 e. The van der Waals surface area contributed by atoms with Crippen LogP contribution >= 0.6 is 11.8 Å². The van der Waals surface area contributed by atoms with E-state index in [4.69, 9.17) is 16.6 Å². The van der Waals surface area contributed by atoms with Crippen LogP contribution in [0.15, 0.2) is 12.5 Å². The molecule has 0 saturated heterocycles. The number of carbonyl (C=O) groups excluding carboxylic acids is 3. The third-order valence-corrected chi connectivity index (χ3v) is 4.25. The number of carboxylic acids is 1. The summed E-state index contributed by atoms with van der Waals surface area (Å²) in [7, 11) is 0. The quantitative estimate of drug-likeness (QED) is 0.231. The number of primary amides is 1. The van der Waals surface area contributed by atoms with E-state index in [0.717, 1.165) is 0 Å². The first-order valence-corrected chi connectivity index (χ1v) is 9.47. The predicted molar refractivity (Wildman–Crippen MR) is 98.6 cm³/mol. The number of aromatic nitrogens is 2. The van der Waals surface area contributed by atoms with Crippen LogP contribution in [-0.4, -0.2) is 68.9 Å². The number of hydrogen-bond acceptors (Lipinski definition) is 7. The second-order valence-electron chi connectivity index (χ2n) is 5.80. The lowest BCUT2D eigenvalue weighted by atomic mass is 10.1. The Kier molecular flexibility index (Phi) is 9.30. The monoisotopic (exact) mass is 400 g/mol. The molecule has 0 spiro atoms. The Morgan fingerprint density at radius 3 is 2.44 bits per heavy atom. The van der Waals surface area contributed by atoms with Crippen LogP contribution in [0, 0.1) is 0 Å². The fraction of sp³-hybridized carbons (Fsp3) is 0.533. The highest BCUT2D eigenvalue weighted by Crippen LogP contribution is 2.04. The van der Waals surface area contributed by atoms with E-state index in [1.54, 1.807) is 0 Å². The number of nitrogens with two attached hydrogens (primary N) is 2. The molecule has 0 radical (unpaired) electrons. The molecule has 12 heteroatoms. The van der Waals surface area contributed by atoms with Crippen LogP contribution in [0.2, 0.25) is 0 Å². The highest BCUT2D eigenvalue weighted by Gasteiger charge is 2.29. The van der Waals surface area contributed by atoms with Crippen molar-refractivity contribution < 1.29 is 24.3 Å². The van der Waals surface area contributed by atoms with E-state index in [0.29, 0.717) is 17.9 Å². The number of amides is 3. The van der Waals surface area contributed by atoms with Gasteiger partial charge in [0.15, 0.2) is 0 Å². The van der Waals surface area contributed by atoms with E-state index in [-0.39, 0.29) is 6.42 Å². The summed E-state index contributed by atoms with van der Waals surface area (Å²) in [6.07, 6.45) is 4.64. The number of carbonyl (C=O) groups is 4. The molecule has 0 aliphatic heterocycles. The molecule has 0 fully saturated rings. The van der Waals surface area contributed by atoms with Crippen molar-refractivity contribution in [1.82, 2.24) is 20.6 Å². The highest BCUT2D eigenvalue weighted by atomic mass is 32.2. The fourth-order valence-corrected chi connectivity index (χ4v) is 2.64. The lowest BCUT2D eigenvalue weighted by molar-refractivity contribution is -0.143. The van der Waals surface area contributed by atoms with Crippen molar-refractivity contribution in [2.24, 2.45) is 11.5 Å². The molecular weight excluding hydrogens is 376 g/mol. The van der Waals surface area contributed by atoms with Crippen molar-refractivity contribution in [3.05, 3.63) is 18.2 Å². The summed E-state index contributed by atoms with van der Waals surface area (Å²) < 4.78 is 0. The van der Waals surface area contributed by atoms with Gasteiger partial charge in [0.1, 0.15) is 12.1 Å². The molecule has 1 heterocycles. The maximum absolute atomic E-state index is 12.5. The molecular formula is C15H24N6O5S. The van der Waals surface area contributed by atoms with Crippen LogP contribution in [0.5, 0.6) is 0 Å². The number of nitrogens with zero attached hydrogens (tertiary/aromatic N) is 1. The summed E-state index contributed by atoms with van der Waals surface area (Å²) in [4.78, 5) is 53.6. The van der Waals surface area contributed by atoms with Gasteiger partial charge in [-0.25, -0.2) is 9.78 Å². The number of nitrogens with one attached hydrogen (secondary N) is 3. The molecule has 1 aromatic rings. The molecule has 1 aromatic heterocycles. The first-order chi connectivity index (χ1) is 12.7. The van der Waals surface area contributed by atoms with Gasteiger partial charge < -0.3 is 32.2 Å². The minimum atomic E-state index is -1.50. The predicted octanol–water partition coefficient (Wildman–Crippen LogP) is -2.04. The maximum atomic E-state index is 12.5. The maximum Gasteiger partial charge on any atom is 0.326 e. The molecule has 3 amide bonds. The van der Waals surface area contributed by atoms with Crippen LogP contribution in [0.3, 0.4) is 0 Å². The molecule has 8 N–H and O–H groups in total. The van der Waals surface area contributed by atoms with E-state index in [1.165, 1.54) is 24.3 Å². The van der Waals surface area contributed by atoms with E-state index in [2.05, 4.69) is 20.6 Å². The van der Waals surface area contributed by atoms with E-state index < -0.39 is 48.2 Å². The molecule has 0 bridgehead atoms. The van der Waals surface area contributed by atoms with Gasteiger partial charge in [0.25, 0.3) is 0 Å². The van der Waals surface area contributed by atoms with Crippen LogP contribution in [0.4, 0.5) is 0 Å². The minimum absolute atomic E-state index is 0.0374. The lowest BCUT2D eigenvalue weighted by Crippen LogP contribution is -2.55. The zero-order chi connectivity index (χ0) is 20.4. The number of hydrogen-bond donors (Lipinski definition) is 6. The molecule has 11 nitrogen and oxygen atoms in total. The number of H-pyrrole nitrogens is 1. The molecule has 0 unspecified atom stereocenters. The molecule has 0 aliphatic rings. The van der Waals surface area contributed by atoms with Crippen molar-refractivity contribution in [2.75, 3.05) is 12.0 Å². The first-order valence-electron chi connectivity index (χ1n) is 8.08. The van der Waals surface area contributed by atoms with Crippen molar-refractivity contribution in [3.63, 3.8) is 0 Å². The molecule has 27 heavy (non-hydrogen) atoms.